The van der Waals surface area contributed by atoms with Crippen LogP contribution in [0.15, 0.2) is 52.4 Å². The molecule has 1 saturated heterocycles. The first kappa shape index (κ1) is 18.1. The standard InChI is InChI=1S/C20H20N4O4/c1-13-7-9-23(12-14-5-4-10-28-14)20(27)17(13)18(25)22-15-11-21-16-6-2-3-8-24(16)19(15)26/h2-3,6-9,11,14H,4-5,10,12H2,1H3,(H,22,25). The van der Waals surface area contributed by atoms with E-state index < -0.39 is 17.0 Å². The van der Waals surface area contributed by atoms with Crippen LogP contribution in [0.5, 0.6) is 0 Å². The minimum atomic E-state index is -0.626. The predicted octanol–water partition coefficient (Wildman–Crippen LogP) is 1.60. The van der Waals surface area contributed by atoms with Crippen LogP contribution < -0.4 is 16.4 Å². The van der Waals surface area contributed by atoms with Crippen LogP contribution in [-0.4, -0.2) is 32.6 Å². The Morgan fingerprint density at radius 2 is 2.11 bits per heavy atom. The molecule has 144 valence electrons. The molecule has 0 bridgehead atoms. The zero-order chi connectivity index (χ0) is 19.7. The SMILES string of the molecule is Cc1ccn(CC2CCCO2)c(=O)c1C(=O)Nc1cnc2ccccn2c1=O. The lowest BCUT2D eigenvalue weighted by atomic mass is 10.1. The van der Waals surface area contributed by atoms with Gasteiger partial charge in [0, 0.05) is 19.0 Å². The Bertz CT molecular complexity index is 1160. The number of carbonyl (C=O) groups is 1. The molecule has 4 rings (SSSR count). The van der Waals surface area contributed by atoms with Gasteiger partial charge in [-0.2, -0.15) is 0 Å². The fourth-order valence-electron chi connectivity index (χ4n) is 3.39. The van der Waals surface area contributed by atoms with Gasteiger partial charge in [0.2, 0.25) is 0 Å². The van der Waals surface area contributed by atoms with Crippen molar-refractivity contribution in [1.82, 2.24) is 14.0 Å². The molecule has 1 unspecified atom stereocenters. The first-order valence-corrected chi connectivity index (χ1v) is 9.14. The average Bonchev–Trinajstić information content (AvgIpc) is 3.20. The number of hydrogen-bond donors (Lipinski definition) is 1. The highest BCUT2D eigenvalue weighted by molar-refractivity contribution is 6.04. The summed E-state index contributed by atoms with van der Waals surface area (Å²) in [5, 5.41) is 2.54. The summed E-state index contributed by atoms with van der Waals surface area (Å²) in [5.74, 6) is -0.626. The van der Waals surface area contributed by atoms with Crippen molar-refractivity contribution >= 4 is 17.2 Å². The molecule has 1 atom stereocenters. The van der Waals surface area contributed by atoms with E-state index in [1.54, 1.807) is 43.6 Å². The van der Waals surface area contributed by atoms with Crippen LogP contribution in [0, 0.1) is 6.92 Å². The third kappa shape index (κ3) is 3.34. The molecule has 0 aliphatic carbocycles. The van der Waals surface area contributed by atoms with Gasteiger partial charge in [0.25, 0.3) is 17.0 Å². The zero-order valence-corrected chi connectivity index (χ0v) is 15.4. The van der Waals surface area contributed by atoms with Gasteiger partial charge in [-0.25, -0.2) is 4.98 Å². The molecule has 8 nitrogen and oxygen atoms in total. The van der Waals surface area contributed by atoms with E-state index in [9.17, 15) is 14.4 Å². The van der Waals surface area contributed by atoms with Crippen LogP contribution in [0.2, 0.25) is 0 Å². The van der Waals surface area contributed by atoms with Crippen molar-refractivity contribution < 1.29 is 9.53 Å². The van der Waals surface area contributed by atoms with E-state index in [-0.39, 0.29) is 17.4 Å². The van der Waals surface area contributed by atoms with Crippen molar-refractivity contribution in [2.75, 3.05) is 11.9 Å². The molecule has 0 saturated carbocycles. The van der Waals surface area contributed by atoms with Gasteiger partial charge in [0.15, 0.2) is 0 Å². The molecule has 0 spiro atoms. The van der Waals surface area contributed by atoms with E-state index in [1.165, 1.54) is 15.2 Å². The Hall–Kier alpha value is -3.26. The maximum atomic E-state index is 12.9. The van der Waals surface area contributed by atoms with Gasteiger partial charge in [0.1, 0.15) is 16.9 Å². The van der Waals surface area contributed by atoms with E-state index >= 15 is 0 Å². The zero-order valence-electron chi connectivity index (χ0n) is 15.4. The minimum absolute atomic E-state index is 0.0121. The monoisotopic (exact) mass is 380 g/mol. The van der Waals surface area contributed by atoms with Crippen molar-refractivity contribution in [3.05, 3.63) is 74.7 Å². The number of pyridine rings is 2. The Morgan fingerprint density at radius 3 is 2.89 bits per heavy atom. The number of fused-ring (bicyclic) bond motifs is 1. The molecular weight excluding hydrogens is 360 g/mol. The lowest BCUT2D eigenvalue weighted by Gasteiger charge is -2.14. The Balaban J connectivity index is 1.65. The van der Waals surface area contributed by atoms with Crippen molar-refractivity contribution in [2.45, 2.75) is 32.4 Å². The smallest absolute Gasteiger partial charge is 0.281 e. The van der Waals surface area contributed by atoms with Gasteiger partial charge in [0.05, 0.1) is 18.8 Å². The van der Waals surface area contributed by atoms with E-state index in [0.29, 0.717) is 24.4 Å². The summed E-state index contributed by atoms with van der Waals surface area (Å²) in [5.41, 5.74) is 0.231. The number of ether oxygens (including phenoxy) is 1. The number of aromatic nitrogens is 3. The summed E-state index contributed by atoms with van der Waals surface area (Å²) < 4.78 is 8.41. The van der Waals surface area contributed by atoms with Gasteiger partial charge < -0.3 is 14.6 Å². The van der Waals surface area contributed by atoms with Crippen LogP contribution in [-0.2, 0) is 11.3 Å². The van der Waals surface area contributed by atoms with Crippen LogP contribution in [0.1, 0.15) is 28.8 Å². The molecule has 4 heterocycles. The molecule has 0 aromatic carbocycles. The second-order valence-electron chi connectivity index (χ2n) is 6.83. The van der Waals surface area contributed by atoms with E-state index in [4.69, 9.17) is 4.74 Å². The van der Waals surface area contributed by atoms with Crippen molar-refractivity contribution in [2.24, 2.45) is 0 Å². The Kier molecular flexibility index (Phi) is 4.79. The topological polar surface area (TPSA) is 94.7 Å². The number of aryl methyl sites for hydroxylation is 1. The first-order chi connectivity index (χ1) is 13.5. The highest BCUT2D eigenvalue weighted by atomic mass is 16.5. The summed E-state index contributed by atoms with van der Waals surface area (Å²) in [4.78, 5) is 42.4. The molecule has 1 aliphatic rings. The van der Waals surface area contributed by atoms with Crippen LogP contribution in [0.4, 0.5) is 5.69 Å². The van der Waals surface area contributed by atoms with Crippen LogP contribution in [0.25, 0.3) is 5.65 Å². The van der Waals surface area contributed by atoms with E-state index in [2.05, 4.69) is 10.3 Å². The van der Waals surface area contributed by atoms with Gasteiger partial charge in [-0.1, -0.05) is 6.07 Å². The molecule has 3 aromatic rings. The highest BCUT2D eigenvalue weighted by Gasteiger charge is 2.21. The summed E-state index contributed by atoms with van der Waals surface area (Å²) >= 11 is 0. The maximum absolute atomic E-state index is 12.9. The Morgan fingerprint density at radius 1 is 1.25 bits per heavy atom. The molecule has 0 radical (unpaired) electrons. The number of nitrogens with zero attached hydrogens (tertiary/aromatic N) is 3. The fraction of sp³-hybridized carbons (Fsp3) is 0.300. The maximum Gasteiger partial charge on any atom is 0.281 e. The minimum Gasteiger partial charge on any atom is -0.376 e. The molecule has 1 aliphatic heterocycles. The summed E-state index contributed by atoms with van der Waals surface area (Å²) in [6, 6.07) is 6.88. The largest absolute Gasteiger partial charge is 0.376 e. The molecule has 1 fully saturated rings. The Labute approximate surface area is 160 Å². The van der Waals surface area contributed by atoms with Gasteiger partial charge >= 0.3 is 0 Å². The number of amides is 1. The molecular formula is C20H20N4O4. The predicted molar refractivity (Wildman–Crippen MR) is 104 cm³/mol. The van der Waals surface area contributed by atoms with Gasteiger partial charge in [-0.05, 0) is 43.5 Å². The second kappa shape index (κ2) is 7.40. The number of hydrogen-bond acceptors (Lipinski definition) is 5. The molecule has 1 amide bonds. The fourth-order valence-corrected chi connectivity index (χ4v) is 3.39. The number of anilines is 1. The molecule has 28 heavy (non-hydrogen) atoms. The van der Waals surface area contributed by atoms with Crippen LogP contribution >= 0.6 is 0 Å². The second-order valence-corrected chi connectivity index (χ2v) is 6.83. The van der Waals surface area contributed by atoms with Gasteiger partial charge in [-0.15, -0.1) is 0 Å². The molecule has 8 heteroatoms. The number of rotatable bonds is 4. The first-order valence-electron chi connectivity index (χ1n) is 9.14. The summed E-state index contributed by atoms with van der Waals surface area (Å²) in [7, 11) is 0. The number of nitrogens with one attached hydrogen (secondary N) is 1. The number of carbonyl (C=O) groups excluding carboxylic acids is 1. The van der Waals surface area contributed by atoms with E-state index in [1.807, 2.05) is 0 Å². The van der Waals surface area contributed by atoms with Crippen molar-refractivity contribution in [3.63, 3.8) is 0 Å². The molecule has 1 N–H and O–H groups in total. The quantitative estimate of drug-likeness (QED) is 0.742. The lowest BCUT2D eigenvalue weighted by molar-refractivity contribution is 0.0952. The third-order valence-corrected chi connectivity index (χ3v) is 4.89. The van der Waals surface area contributed by atoms with Crippen molar-refractivity contribution in [1.29, 1.82) is 0 Å². The van der Waals surface area contributed by atoms with Crippen LogP contribution in [0.3, 0.4) is 0 Å². The normalized spacial score (nSPS) is 16.4. The highest BCUT2D eigenvalue weighted by Crippen LogP contribution is 2.14. The average molecular weight is 380 g/mol. The summed E-state index contributed by atoms with van der Waals surface area (Å²) in [6.45, 7) is 2.79. The lowest BCUT2D eigenvalue weighted by Crippen LogP contribution is -2.34. The third-order valence-electron chi connectivity index (χ3n) is 4.89. The molecule has 3 aromatic heterocycles. The van der Waals surface area contributed by atoms with Gasteiger partial charge in [-0.3, -0.25) is 18.8 Å². The van der Waals surface area contributed by atoms with Crippen molar-refractivity contribution in [3.8, 4) is 0 Å². The summed E-state index contributed by atoms with van der Waals surface area (Å²) in [6.07, 6.45) is 6.38. The van der Waals surface area contributed by atoms with E-state index in [0.717, 1.165) is 12.8 Å².